The van der Waals surface area contributed by atoms with Gasteiger partial charge in [-0.1, -0.05) is 11.6 Å². The Morgan fingerprint density at radius 3 is 2.59 bits per heavy atom. The number of nitrogens with one attached hydrogen (secondary N) is 1. The number of oxazole rings is 1. The van der Waals surface area contributed by atoms with Gasteiger partial charge in [0.25, 0.3) is 11.8 Å². The van der Waals surface area contributed by atoms with Crippen molar-refractivity contribution in [3.63, 3.8) is 0 Å². The van der Waals surface area contributed by atoms with Crippen molar-refractivity contribution in [1.29, 1.82) is 0 Å². The summed E-state index contributed by atoms with van der Waals surface area (Å²) in [4.78, 5) is 26.4. The van der Waals surface area contributed by atoms with Gasteiger partial charge in [-0.2, -0.15) is 0 Å². The van der Waals surface area contributed by atoms with E-state index in [4.69, 9.17) is 16.0 Å². The van der Waals surface area contributed by atoms with E-state index >= 15 is 0 Å². The zero-order chi connectivity index (χ0) is 22.7. The second-order valence-corrected chi connectivity index (χ2v) is 7.85. The van der Waals surface area contributed by atoms with Gasteiger partial charge in [-0.05, 0) is 18.2 Å². The molecule has 1 saturated heterocycles. The van der Waals surface area contributed by atoms with Crippen molar-refractivity contribution in [2.24, 2.45) is 0 Å². The molecule has 32 heavy (non-hydrogen) atoms. The maximum atomic E-state index is 13.6. The lowest BCUT2D eigenvalue weighted by atomic mass is 10.0. The maximum Gasteiger partial charge on any atom is 0.252 e. The molecular weight excluding hydrogens is 447 g/mol. The number of hydrogen-bond donors (Lipinski definition) is 1. The van der Waals surface area contributed by atoms with Gasteiger partial charge in [-0.25, -0.2) is 28.1 Å². The number of likely N-dealkylation sites (tertiary alicyclic amines) is 1. The Morgan fingerprint density at radius 1 is 1.22 bits per heavy atom. The monoisotopic (exact) mass is 465 g/mol. The third-order valence-electron chi connectivity index (χ3n) is 5.30. The molecule has 1 aliphatic heterocycles. The molecule has 1 aromatic carbocycles. The fourth-order valence-corrected chi connectivity index (χ4v) is 3.75. The van der Waals surface area contributed by atoms with Crippen molar-refractivity contribution in [2.75, 3.05) is 19.6 Å². The molecule has 1 N–H and O–H groups in total. The van der Waals surface area contributed by atoms with E-state index in [1.54, 1.807) is 6.07 Å². The molecule has 7 nitrogen and oxygen atoms in total. The highest BCUT2D eigenvalue weighted by molar-refractivity contribution is 6.34. The van der Waals surface area contributed by atoms with Crippen LogP contribution in [0.4, 0.5) is 13.2 Å². The van der Waals surface area contributed by atoms with Gasteiger partial charge >= 0.3 is 0 Å². The first kappa shape index (κ1) is 22.2. The van der Waals surface area contributed by atoms with E-state index in [-0.39, 0.29) is 48.9 Å². The molecule has 11 heteroatoms. The van der Waals surface area contributed by atoms with E-state index in [0.29, 0.717) is 11.3 Å². The summed E-state index contributed by atoms with van der Waals surface area (Å²) in [5.74, 6) is -3.02. The average molecular weight is 466 g/mol. The van der Waals surface area contributed by atoms with Crippen molar-refractivity contribution in [3.8, 4) is 11.4 Å². The highest BCUT2D eigenvalue weighted by atomic mass is 35.5. The first-order valence-electron chi connectivity index (χ1n) is 9.88. The number of carbonyl (C=O) groups is 1. The lowest BCUT2D eigenvalue weighted by Gasteiger charge is -2.36. The lowest BCUT2D eigenvalue weighted by Crippen LogP contribution is -2.45. The minimum Gasteiger partial charge on any atom is -0.447 e. The number of amides is 1. The summed E-state index contributed by atoms with van der Waals surface area (Å²) in [5, 5.41) is 3.00. The normalized spacial score (nSPS) is 17.1. The number of nitrogens with zero attached hydrogens (tertiary/aromatic N) is 4. The predicted molar refractivity (Wildman–Crippen MR) is 110 cm³/mol. The van der Waals surface area contributed by atoms with Crippen LogP contribution in [0.3, 0.4) is 0 Å². The van der Waals surface area contributed by atoms with Crippen LogP contribution in [-0.4, -0.2) is 51.3 Å². The maximum absolute atomic E-state index is 13.6. The van der Waals surface area contributed by atoms with Crippen LogP contribution >= 0.6 is 11.6 Å². The number of piperidine rings is 1. The number of rotatable bonds is 6. The fourth-order valence-electron chi connectivity index (χ4n) is 3.55. The minimum atomic E-state index is -2.69. The Morgan fingerprint density at radius 2 is 1.94 bits per heavy atom. The molecule has 168 valence electrons. The Hall–Kier alpha value is -2.98. The van der Waals surface area contributed by atoms with E-state index in [1.807, 2.05) is 4.90 Å². The summed E-state index contributed by atoms with van der Waals surface area (Å²) in [6.07, 6.45) is 4.28. The van der Waals surface area contributed by atoms with Gasteiger partial charge in [0.2, 0.25) is 0 Å². The summed E-state index contributed by atoms with van der Waals surface area (Å²) >= 11 is 6.21. The van der Waals surface area contributed by atoms with E-state index in [0.717, 1.165) is 12.4 Å². The molecule has 4 rings (SSSR count). The van der Waals surface area contributed by atoms with Crippen LogP contribution in [0.25, 0.3) is 11.4 Å². The first-order valence-corrected chi connectivity index (χ1v) is 10.3. The van der Waals surface area contributed by atoms with Crippen LogP contribution in [-0.2, 0) is 0 Å². The van der Waals surface area contributed by atoms with Gasteiger partial charge in [0.1, 0.15) is 5.76 Å². The first-order chi connectivity index (χ1) is 15.3. The second-order valence-electron chi connectivity index (χ2n) is 7.44. The zero-order valence-corrected chi connectivity index (χ0v) is 17.5. The molecule has 0 radical (unpaired) electrons. The van der Waals surface area contributed by atoms with Crippen LogP contribution in [0.5, 0.6) is 0 Å². The third kappa shape index (κ3) is 5.08. The number of carbonyl (C=O) groups excluding carboxylic acids is 1. The molecule has 1 fully saturated rings. The van der Waals surface area contributed by atoms with Crippen LogP contribution in [0, 0.1) is 5.82 Å². The van der Waals surface area contributed by atoms with Gasteiger partial charge in [0, 0.05) is 38.0 Å². The topological polar surface area (TPSA) is 84.2 Å². The molecule has 0 saturated carbocycles. The number of halogens is 4. The molecule has 2 aromatic heterocycles. The van der Waals surface area contributed by atoms with Crippen molar-refractivity contribution in [3.05, 3.63) is 65.3 Å². The molecule has 1 unspecified atom stereocenters. The van der Waals surface area contributed by atoms with Crippen molar-refractivity contribution < 1.29 is 22.4 Å². The van der Waals surface area contributed by atoms with Crippen LogP contribution in [0.2, 0.25) is 5.02 Å². The molecule has 3 heterocycles. The highest BCUT2D eigenvalue weighted by Gasteiger charge is 2.37. The molecule has 3 aromatic rings. The van der Waals surface area contributed by atoms with E-state index < -0.39 is 23.7 Å². The molecule has 1 aliphatic rings. The van der Waals surface area contributed by atoms with Gasteiger partial charge in [0.05, 0.1) is 35.2 Å². The Labute approximate surface area is 186 Å². The molecule has 0 bridgehead atoms. The third-order valence-corrected chi connectivity index (χ3v) is 5.63. The minimum absolute atomic E-state index is 0.104. The van der Waals surface area contributed by atoms with E-state index in [1.165, 1.54) is 24.7 Å². The standard InChI is InChI=1S/C21H19ClF3N5O2/c22-16-2-1-13(19-27-8-14(23)9-28-19)7-15(16)20(31)29-10-17(18-11-26-12-32-18)30-5-3-21(24,25)4-6-30/h1-2,7-9,11-12,17H,3-6,10H2,(H,29,31). The van der Waals surface area contributed by atoms with Crippen LogP contribution in [0.1, 0.15) is 35.0 Å². The molecular formula is C21H19ClF3N5O2. The highest BCUT2D eigenvalue weighted by Crippen LogP contribution is 2.32. The molecule has 1 atom stereocenters. The molecule has 0 aliphatic carbocycles. The predicted octanol–water partition coefficient (Wildman–Crippen LogP) is 4.13. The van der Waals surface area contributed by atoms with Crippen molar-refractivity contribution in [1.82, 2.24) is 25.2 Å². The SMILES string of the molecule is O=C(NCC(c1cnco1)N1CCC(F)(F)CC1)c1cc(-c2ncc(F)cn2)ccc1Cl. The van der Waals surface area contributed by atoms with E-state index in [2.05, 4.69) is 20.3 Å². The molecule has 1 amide bonds. The largest absolute Gasteiger partial charge is 0.447 e. The number of aromatic nitrogens is 3. The smallest absolute Gasteiger partial charge is 0.252 e. The summed E-state index contributed by atoms with van der Waals surface area (Å²) in [7, 11) is 0. The van der Waals surface area contributed by atoms with Crippen molar-refractivity contribution >= 4 is 17.5 Å². The average Bonchev–Trinajstić information content (AvgIpc) is 3.30. The fraction of sp³-hybridized carbons (Fsp3) is 0.333. The second kappa shape index (κ2) is 9.25. The van der Waals surface area contributed by atoms with Gasteiger partial charge in [0.15, 0.2) is 18.0 Å². The Bertz CT molecular complexity index is 1070. The summed E-state index contributed by atoms with van der Waals surface area (Å²) in [6, 6.07) is 4.20. The quantitative estimate of drug-likeness (QED) is 0.589. The van der Waals surface area contributed by atoms with Gasteiger partial charge in [-0.15, -0.1) is 0 Å². The summed E-state index contributed by atoms with van der Waals surface area (Å²) < 4.78 is 45.7. The number of alkyl halides is 2. The number of benzene rings is 1. The van der Waals surface area contributed by atoms with Crippen LogP contribution in [0.15, 0.2) is 47.6 Å². The summed E-state index contributed by atoms with van der Waals surface area (Å²) in [5.41, 5.74) is 0.670. The molecule has 0 spiro atoms. The Kier molecular flexibility index (Phi) is 6.43. The van der Waals surface area contributed by atoms with Gasteiger partial charge in [-0.3, -0.25) is 9.69 Å². The van der Waals surface area contributed by atoms with Crippen LogP contribution < -0.4 is 5.32 Å². The Balaban J connectivity index is 1.50. The zero-order valence-electron chi connectivity index (χ0n) is 16.8. The summed E-state index contributed by atoms with van der Waals surface area (Å²) in [6.45, 7) is 0.423. The number of hydrogen-bond acceptors (Lipinski definition) is 6. The van der Waals surface area contributed by atoms with Gasteiger partial charge < -0.3 is 9.73 Å². The lowest BCUT2D eigenvalue weighted by molar-refractivity contribution is -0.0647. The van der Waals surface area contributed by atoms with E-state index in [9.17, 15) is 18.0 Å². The van der Waals surface area contributed by atoms with Crippen molar-refractivity contribution in [2.45, 2.75) is 24.8 Å².